The summed E-state index contributed by atoms with van der Waals surface area (Å²) in [7, 11) is 4.84. The van der Waals surface area contributed by atoms with Crippen LogP contribution < -0.4 is 0 Å². The lowest BCUT2D eigenvalue weighted by Gasteiger charge is -2.50. The topological polar surface area (TPSA) is 321 Å². The van der Waals surface area contributed by atoms with Crippen molar-refractivity contribution in [1.82, 2.24) is 4.90 Å². The second-order valence-corrected chi connectivity index (χ2v) is 17.1. The van der Waals surface area contributed by atoms with E-state index < -0.39 is 146 Å². The molecule has 0 amide bonds. The number of hydrogen-bond donors (Lipinski definition) is 7. The maximum atomic E-state index is 13.2. The van der Waals surface area contributed by atoms with E-state index in [1.807, 2.05) is 6.92 Å². The minimum atomic E-state index is -2.27. The smallest absolute Gasteiger partial charge is 0.335 e. The van der Waals surface area contributed by atoms with Gasteiger partial charge in [0.05, 0.1) is 36.9 Å². The van der Waals surface area contributed by atoms with Gasteiger partial charge >= 0.3 is 29.8 Å². The van der Waals surface area contributed by atoms with Crippen molar-refractivity contribution in [2.75, 3.05) is 21.2 Å². The van der Waals surface area contributed by atoms with Crippen LogP contribution in [0.5, 0.6) is 0 Å². The SMILES string of the molecule is CO[C@@H]1[C@@H](O[C@@H]2O[C@H](C)[C@@H](O[C@H]3C[C@@](C)(O)[C@@H](OC(C)=O)[C@H](C)O3)[C@H](N(C)C)[C@H]2O)[C@@H](CC=O)C[C@@H](C)[C@@H](O)/C=C/C=C/C[C@@H](C)OC(=O)C[C@H]1OC(C)=O.O=C(O)[C@H](O)[C@@H](O)C(=O)O. The number of carbonyl (C=O) groups excluding carboxylic acids is 4. The van der Waals surface area contributed by atoms with E-state index in [9.17, 15) is 44.1 Å². The zero-order chi connectivity index (χ0) is 49.5. The van der Waals surface area contributed by atoms with Crippen LogP contribution in [-0.4, -0.2) is 195 Å². The second-order valence-electron chi connectivity index (χ2n) is 17.1. The van der Waals surface area contributed by atoms with Crippen molar-refractivity contribution in [2.45, 2.75) is 178 Å². The Labute approximate surface area is 378 Å². The third-order valence-corrected chi connectivity index (χ3v) is 11.2. The summed E-state index contributed by atoms with van der Waals surface area (Å²) in [5, 5.41) is 66.8. The molecule has 0 saturated carbocycles. The number of carboxylic acids is 2. The Kier molecular flexibility index (Phi) is 23.2. The molecule has 7 N–H and O–H groups in total. The predicted octanol–water partition coefficient (Wildman–Crippen LogP) is -0.135. The van der Waals surface area contributed by atoms with Crippen LogP contribution in [0.1, 0.15) is 80.6 Å². The van der Waals surface area contributed by atoms with Crippen molar-refractivity contribution in [2.24, 2.45) is 11.8 Å². The fourth-order valence-corrected chi connectivity index (χ4v) is 8.00. The molecule has 22 heteroatoms. The first-order valence-electron chi connectivity index (χ1n) is 21.3. The summed E-state index contributed by atoms with van der Waals surface area (Å²) in [5.41, 5.74) is -1.49. The molecule has 0 aliphatic carbocycles. The summed E-state index contributed by atoms with van der Waals surface area (Å²) in [6.45, 7) is 10.9. The van der Waals surface area contributed by atoms with Gasteiger partial charge < -0.3 is 83.3 Å². The van der Waals surface area contributed by atoms with Crippen molar-refractivity contribution in [3.8, 4) is 0 Å². The van der Waals surface area contributed by atoms with Gasteiger partial charge in [0.15, 0.2) is 30.9 Å². The molecule has 18 atom stereocenters. The standard InChI is InChI=1S/C39H63NO15.C4H6O6/c1-21-18-27(16-17-41)35(36(48-10)29(52-25(5)42)19-30(45)49-22(2)14-12-11-13-15-28(21)44)55-38-33(46)32(40(8)9)34(23(3)51-38)54-31-20-39(7,47)37(24(4)50-31)53-26(6)43;5-1(3(7)8)2(6)4(9)10/h11-13,15,17,21-24,27-29,31-38,44,46-47H,14,16,18-20H2,1-10H3;1-2,5-6H,(H,7,8)(H,9,10)/b12-11+,15-13+;/t21-,22-,23-,24+,27+,28+,29-,31+,32-,33-,34-,35+,36+,37+,38+,39-;1-,2-/m11/s1. The molecular weight excluding hydrogens is 866 g/mol. The minimum absolute atomic E-state index is 0.0477. The minimum Gasteiger partial charge on any atom is -0.479 e. The highest BCUT2D eigenvalue weighted by Gasteiger charge is 2.53. The molecule has 3 aliphatic heterocycles. The molecule has 0 bridgehead atoms. The highest BCUT2D eigenvalue weighted by molar-refractivity contribution is 5.83. The summed E-state index contributed by atoms with van der Waals surface area (Å²) < 4.78 is 48.0. The lowest BCUT2D eigenvalue weighted by molar-refractivity contribution is -0.344. The van der Waals surface area contributed by atoms with Crippen LogP contribution in [0, 0.1) is 11.8 Å². The number of hydrogen-bond acceptors (Lipinski definition) is 20. The summed E-state index contributed by atoms with van der Waals surface area (Å²) in [4.78, 5) is 70.9. The van der Waals surface area contributed by atoms with Crippen LogP contribution in [0.3, 0.4) is 0 Å². The predicted molar refractivity (Wildman–Crippen MR) is 223 cm³/mol. The van der Waals surface area contributed by atoms with Gasteiger partial charge in [-0.05, 0) is 60.0 Å². The Morgan fingerprint density at radius 1 is 0.908 bits per heavy atom. The fraction of sp³-hybridized carbons (Fsp3) is 0.767. The van der Waals surface area contributed by atoms with Gasteiger partial charge in [0.1, 0.15) is 42.4 Å². The summed E-state index contributed by atoms with van der Waals surface area (Å²) in [6.07, 6.45) is -8.80. The molecule has 2 fully saturated rings. The number of likely N-dealkylation sites (N-methyl/N-ethyl adjacent to an activating group) is 1. The van der Waals surface area contributed by atoms with Crippen LogP contribution in [0.2, 0.25) is 0 Å². The fourth-order valence-electron chi connectivity index (χ4n) is 8.00. The monoisotopic (exact) mass is 935 g/mol. The Morgan fingerprint density at radius 3 is 2.02 bits per heavy atom. The lowest BCUT2D eigenvalue weighted by Crippen LogP contribution is -2.66. The van der Waals surface area contributed by atoms with Crippen LogP contribution >= 0.6 is 0 Å². The van der Waals surface area contributed by atoms with Crippen molar-refractivity contribution in [3.05, 3.63) is 24.3 Å². The number of methoxy groups -OCH3 is 1. The molecule has 0 aromatic carbocycles. The zero-order valence-electron chi connectivity index (χ0n) is 38.5. The van der Waals surface area contributed by atoms with Gasteiger partial charge in [0.2, 0.25) is 0 Å². The van der Waals surface area contributed by atoms with Crippen molar-refractivity contribution >= 4 is 36.1 Å². The van der Waals surface area contributed by atoms with Crippen molar-refractivity contribution in [3.63, 3.8) is 0 Å². The number of ether oxygens (including phenoxy) is 8. The molecular formula is C43H69NO21. The van der Waals surface area contributed by atoms with Crippen LogP contribution in [0.25, 0.3) is 0 Å². The molecule has 0 unspecified atom stereocenters. The first kappa shape index (κ1) is 57.2. The average Bonchev–Trinajstić information content (AvgIpc) is 3.19. The second kappa shape index (κ2) is 26.4. The van der Waals surface area contributed by atoms with Gasteiger partial charge in [-0.1, -0.05) is 31.2 Å². The van der Waals surface area contributed by atoms with Gasteiger partial charge in [-0.2, -0.15) is 0 Å². The normalized spacial score (nSPS) is 38.1. The maximum Gasteiger partial charge on any atom is 0.335 e. The molecule has 2 saturated heterocycles. The molecule has 65 heavy (non-hydrogen) atoms. The number of cyclic esters (lactones) is 1. The number of aliphatic hydroxyl groups excluding tert-OH is 4. The van der Waals surface area contributed by atoms with Gasteiger partial charge in [0.25, 0.3) is 0 Å². The van der Waals surface area contributed by atoms with Gasteiger partial charge in [-0.15, -0.1) is 0 Å². The van der Waals surface area contributed by atoms with Gasteiger partial charge in [0, 0.05) is 40.2 Å². The van der Waals surface area contributed by atoms with Crippen molar-refractivity contribution in [1.29, 1.82) is 0 Å². The van der Waals surface area contributed by atoms with E-state index in [0.29, 0.717) is 12.7 Å². The molecule has 22 nitrogen and oxygen atoms in total. The number of aliphatic carboxylic acids is 2. The third kappa shape index (κ3) is 17.3. The van der Waals surface area contributed by atoms with E-state index in [0.717, 1.165) is 0 Å². The highest BCUT2D eigenvalue weighted by Crippen LogP contribution is 2.37. The molecule has 0 spiro atoms. The van der Waals surface area contributed by atoms with E-state index >= 15 is 0 Å². The third-order valence-electron chi connectivity index (χ3n) is 11.2. The Balaban J connectivity index is 0.00000129. The van der Waals surface area contributed by atoms with Gasteiger partial charge in [-0.25, -0.2) is 9.59 Å². The zero-order valence-corrected chi connectivity index (χ0v) is 38.5. The highest BCUT2D eigenvalue weighted by atomic mass is 16.7. The van der Waals surface area contributed by atoms with Crippen LogP contribution in [-0.2, 0) is 66.7 Å². The summed E-state index contributed by atoms with van der Waals surface area (Å²) >= 11 is 0. The van der Waals surface area contributed by atoms with E-state index in [-0.39, 0.29) is 19.3 Å². The molecule has 0 aromatic heterocycles. The number of carbonyl (C=O) groups is 6. The molecule has 3 rings (SSSR count). The lowest BCUT2D eigenvalue weighted by atomic mass is 9.82. The summed E-state index contributed by atoms with van der Waals surface area (Å²) in [6, 6.07) is -0.778. The van der Waals surface area contributed by atoms with E-state index in [1.165, 1.54) is 27.9 Å². The Bertz CT molecular complexity index is 1600. The number of allylic oxidation sites excluding steroid dienone is 2. The summed E-state index contributed by atoms with van der Waals surface area (Å²) in [5.74, 6) is -6.55. The Hall–Kier alpha value is -3.94. The first-order valence-corrected chi connectivity index (χ1v) is 21.3. The molecule has 0 aromatic rings. The van der Waals surface area contributed by atoms with Crippen molar-refractivity contribution < 1.29 is 102 Å². The quantitative estimate of drug-likeness (QED) is 0.0718. The first-order chi connectivity index (χ1) is 30.2. The molecule has 0 radical (unpaired) electrons. The Morgan fingerprint density at radius 2 is 1.51 bits per heavy atom. The number of carboxylic acid groups (broad SMARTS) is 2. The number of nitrogens with zero attached hydrogens (tertiary/aromatic N) is 1. The van der Waals surface area contributed by atoms with Crippen LogP contribution in [0.15, 0.2) is 24.3 Å². The van der Waals surface area contributed by atoms with E-state index in [4.69, 9.17) is 58.3 Å². The maximum absolute atomic E-state index is 13.2. The van der Waals surface area contributed by atoms with Gasteiger partial charge in [-0.3, -0.25) is 14.4 Å². The molecule has 3 heterocycles. The van der Waals surface area contributed by atoms with E-state index in [2.05, 4.69) is 0 Å². The molecule has 372 valence electrons. The molecule has 3 aliphatic rings. The van der Waals surface area contributed by atoms with Crippen LogP contribution in [0.4, 0.5) is 0 Å². The largest absolute Gasteiger partial charge is 0.479 e. The average molecular weight is 936 g/mol. The number of esters is 3. The number of aldehydes is 1. The number of rotatable bonds is 13. The number of aliphatic hydroxyl groups is 5. The van der Waals surface area contributed by atoms with E-state index in [1.54, 1.807) is 64.1 Å².